The summed E-state index contributed by atoms with van der Waals surface area (Å²) in [5, 5.41) is 8.82. The van der Waals surface area contributed by atoms with E-state index in [-0.39, 0.29) is 0 Å². The van der Waals surface area contributed by atoms with Crippen molar-refractivity contribution < 1.29 is 9.29 Å². The van der Waals surface area contributed by atoms with Crippen molar-refractivity contribution in [2.24, 2.45) is 0 Å². The van der Waals surface area contributed by atoms with Crippen molar-refractivity contribution in [2.75, 3.05) is 0 Å². The average Bonchev–Trinajstić information content (AvgIpc) is 3.48. The Morgan fingerprint density at radius 1 is 0.658 bits per heavy atom. The van der Waals surface area contributed by atoms with Crippen molar-refractivity contribution in [3.05, 3.63) is 133 Å². The fraction of sp³-hybridized carbons (Fsp3) is 0.0645. The Morgan fingerprint density at radius 3 is 1.82 bits per heavy atom. The molecule has 0 amide bonds. The van der Waals surface area contributed by atoms with Crippen molar-refractivity contribution >= 4 is 16.8 Å². The third-order valence-electron chi connectivity index (χ3n) is 6.26. The first kappa shape index (κ1) is 23.9. The quantitative estimate of drug-likeness (QED) is 0.221. The molecule has 0 aliphatic carbocycles. The summed E-state index contributed by atoms with van der Waals surface area (Å²) in [5.74, 6) is 0.625. The zero-order chi connectivity index (χ0) is 25.7. The Balaban J connectivity index is 1.14. The van der Waals surface area contributed by atoms with E-state index in [2.05, 4.69) is 51.6 Å². The molecule has 6 aromatic rings. The van der Waals surface area contributed by atoms with E-state index in [4.69, 9.17) is 4.74 Å². The Kier molecular flexibility index (Phi) is 6.85. The van der Waals surface area contributed by atoms with E-state index in [0.29, 0.717) is 29.0 Å². The zero-order valence-electron chi connectivity index (χ0n) is 20.5. The van der Waals surface area contributed by atoms with Crippen molar-refractivity contribution in [2.45, 2.75) is 17.5 Å². The van der Waals surface area contributed by atoms with Gasteiger partial charge in [0, 0.05) is 29.1 Å². The topological polar surface area (TPSA) is 75.4 Å². The van der Waals surface area contributed by atoms with E-state index in [1.807, 2.05) is 72.8 Å². The fourth-order valence-electron chi connectivity index (χ4n) is 4.26. The van der Waals surface area contributed by atoms with Crippen LogP contribution in [0.3, 0.4) is 0 Å². The maximum absolute atomic E-state index is 13.2. The number of hydrogen-bond donors (Lipinski definition) is 0. The van der Waals surface area contributed by atoms with E-state index in [9.17, 15) is 4.55 Å². The van der Waals surface area contributed by atoms with Crippen LogP contribution in [0.4, 0.5) is 0 Å². The molecule has 7 heteroatoms. The first-order valence-electron chi connectivity index (χ1n) is 12.2. The summed E-state index contributed by atoms with van der Waals surface area (Å²) in [6.07, 6.45) is 3.37. The molecule has 2 heterocycles. The van der Waals surface area contributed by atoms with Crippen molar-refractivity contribution in [3.8, 4) is 28.1 Å². The molecule has 0 saturated carbocycles. The third-order valence-corrected chi connectivity index (χ3v) is 7.54. The highest BCUT2D eigenvalue weighted by atomic mass is 32.2. The van der Waals surface area contributed by atoms with Gasteiger partial charge in [-0.2, -0.15) is 0 Å². The Bertz CT molecular complexity index is 1640. The Morgan fingerprint density at radius 2 is 1.21 bits per heavy atom. The summed E-state index contributed by atoms with van der Waals surface area (Å²) in [6.45, 7) is 0.322. The van der Waals surface area contributed by atoms with Crippen molar-refractivity contribution in [1.29, 1.82) is 0 Å². The van der Waals surface area contributed by atoms with Crippen LogP contribution in [0.1, 0.15) is 11.1 Å². The molecule has 0 bridgehead atoms. The molecule has 6 nitrogen and oxygen atoms in total. The van der Waals surface area contributed by atoms with Crippen LogP contribution in [0.5, 0.6) is 5.88 Å². The SMILES string of the molecule is [O-][S+](Cc1ccc(-c2ccccc2)cc1)c1nnc(OCc2ccc(-c3ccccc3)cc2)c2nccn12. The molecule has 0 aliphatic rings. The molecule has 0 radical (unpaired) electrons. The molecule has 0 spiro atoms. The van der Waals surface area contributed by atoms with E-state index >= 15 is 0 Å². The number of nitrogens with zero attached hydrogens (tertiary/aromatic N) is 4. The third kappa shape index (κ3) is 5.16. The van der Waals surface area contributed by atoms with E-state index in [1.54, 1.807) is 16.8 Å². The molecule has 0 saturated heterocycles. The predicted molar refractivity (Wildman–Crippen MR) is 149 cm³/mol. The van der Waals surface area contributed by atoms with Crippen LogP contribution >= 0.6 is 0 Å². The van der Waals surface area contributed by atoms with Gasteiger partial charge in [0.2, 0.25) is 5.65 Å². The molecule has 0 aliphatic heterocycles. The number of hydrogen-bond acceptors (Lipinski definition) is 5. The summed E-state index contributed by atoms with van der Waals surface area (Å²) in [5.41, 5.74) is 7.03. The fourth-order valence-corrected chi connectivity index (χ4v) is 5.38. The summed E-state index contributed by atoms with van der Waals surface area (Å²) < 4.78 is 20.9. The molecule has 2 aromatic heterocycles. The maximum Gasteiger partial charge on any atom is 0.348 e. The summed E-state index contributed by atoms with van der Waals surface area (Å²) in [7, 11) is 0. The minimum absolute atomic E-state index is 0.301. The van der Waals surface area contributed by atoms with Gasteiger partial charge in [-0.15, -0.1) is 5.10 Å². The molecule has 0 N–H and O–H groups in total. The van der Waals surface area contributed by atoms with Crippen molar-refractivity contribution in [1.82, 2.24) is 19.6 Å². The highest BCUT2D eigenvalue weighted by Gasteiger charge is 2.22. The Hall–Kier alpha value is -4.46. The second-order valence-electron chi connectivity index (χ2n) is 8.81. The van der Waals surface area contributed by atoms with Gasteiger partial charge in [0.05, 0.1) is 0 Å². The second kappa shape index (κ2) is 10.9. The first-order chi connectivity index (χ1) is 18.7. The molecule has 1 atom stereocenters. The molecule has 0 fully saturated rings. The van der Waals surface area contributed by atoms with Crippen LogP contribution in [0.25, 0.3) is 27.9 Å². The lowest BCUT2D eigenvalue weighted by Crippen LogP contribution is -2.14. The lowest BCUT2D eigenvalue weighted by molar-refractivity contribution is 0.290. The van der Waals surface area contributed by atoms with Gasteiger partial charge in [-0.3, -0.25) is 0 Å². The molecular formula is C31H24N4O2S. The molecular weight excluding hydrogens is 492 g/mol. The minimum Gasteiger partial charge on any atom is -0.609 e. The number of fused-ring (bicyclic) bond motifs is 1. The Labute approximate surface area is 223 Å². The first-order valence-corrected chi connectivity index (χ1v) is 13.6. The smallest absolute Gasteiger partial charge is 0.348 e. The van der Waals surface area contributed by atoms with Crippen LogP contribution in [0.2, 0.25) is 0 Å². The van der Waals surface area contributed by atoms with Crippen molar-refractivity contribution in [3.63, 3.8) is 0 Å². The summed E-state index contributed by atoms with van der Waals surface area (Å²) in [6, 6.07) is 36.7. The van der Waals surface area contributed by atoms with Crippen LogP contribution in [-0.4, -0.2) is 24.1 Å². The van der Waals surface area contributed by atoms with Gasteiger partial charge in [0.15, 0.2) is 0 Å². The van der Waals surface area contributed by atoms with E-state index in [0.717, 1.165) is 27.8 Å². The van der Waals surface area contributed by atoms with Gasteiger partial charge in [-0.1, -0.05) is 114 Å². The van der Waals surface area contributed by atoms with Gasteiger partial charge >= 0.3 is 5.16 Å². The lowest BCUT2D eigenvalue weighted by atomic mass is 10.0. The maximum atomic E-state index is 13.2. The largest absolute Gasteiger partial charge is 0.609 e. The number of imidazole rings is 1. The highest BCUT2D eigenvalue weighted by Crippen LogP contribution is 2.24. The molecule has 38 heavy (non-hydrogen) atoms. The van der Waals surface area contributed by atoms with Gasteiger partial charge < -0.3 is 9.29 Å². The minimum atomic E-state index is -1.41. The van der Waals surface area contributed by atoms with Crippen LogP contribution in [0.15, 0.2) is 127 Å². The number of rotatable bonds is 8. The van der Waals surface area contributed by atoms with Crippen LogP contribution in [0, 0.1) is 0 Å². The zero-order valence-corrected chi connectivity index (χ0v) is 21.3. The molecule has 186 valence electrons. The predicted octanol–water partition coefficient (Wildman–Crippen LogP) is 6.35. The number of ether oxygens (including phenoxy) is 1. The molecule has 6 rings (SSSR count). The standard InChI is InChI=1S/C31H24N4O2S/c36-38(22-24-13-17-28(18-14-24)26-9-5-2-6-10-26)31-34-33-30(29-32-19-20-35(29)31)37-21-23-11-15-27(16-12-23)25-7-3-1-4-8-25/h1-20H,21-22H2. The van der Waals surface area contributed by atoms with Gasteiger partial charge in [-0.25, -0.2) is 9.38 Å². The normalized spacial score (nSPS) is 11.9. The van der Waals surface area contributed by atoms with Gasteiger partial charge in [0.25, 0.3) is 5.88 Å². The number of aromatic nitrogens is 4. The summed E-state index contributed by atoms with van der Waals surface area (Å²) in [4.78, 5) is 4.38. The second-order valence-corrected chi connectivity index (χ2v) is 10.2. The highest BCUT2D eigenvalue weighted by molar-refractivity contribution is 7.90. The van der Waals surface area contributed by atoms with E-state index < -0.39 is 11.2 Å². The monoisotopic (exact) mass is 516 g/mol. The lowest BCUT2D eigenvalue weighted by Gasteiger charge is -2.12. The van der Waals surface area contributed by atoms with Gasteiger partial charge in [-0.05, 0) is 27.8 Å². The molecule has 4 aromatic carbocycles. The van der Waals surface area contributed by atoms with E-state index in [1.165, 1.54) is 5.56 Å². The average molecular weight is 517 g/mol. The van der Waals surface area contributed by atoms with Crippen LogP contribution in [-0.2, 0) is 23.5 Å². The van der Waals surface area contributed by atoms with Gasteiger partial charge in [0.1, 0.15) is 12.4 Å². The summed E-state index contributed by atoms with van der Waals surface area (Å²) >= 11 is -1.41. The molecule has 1 unspecified atom stereocenters. The van der Waals surface area contributed by atoms with Crippen LogP contribution < -0.4 is 4.74 Å². The number of benzene rings is 4.